The van der Waals surface area contributed by atoms with E-state index in [0.29, 0.717) is 0 Å². The predicted molar refractivity (Wildman–Crippen MR) is 104 cm³/mol. The molecule has 0 bridgehead atoms. The fourth-order valence-corrected chi connectivity index (χ4v) is 5.55. The number of rotatable bonds is 3. The lowest BCUT2D eigenvalue weighted by molar-refractivity contribution is 0.114. The third-order valence-corrected chi connectivity index (χ3v) is 6.88. The maximum absolute atomic E-state index is 9.07. The van der Waals surface area contributed by atoms with Gasteiger partial charge in [-0.25, -0.2) is 0 Å². The number of nitriles is 1. The Bertz CT molecular complexity index is 784. The largest absolute Gasteiger partial charge is 0.192 e. The standard InChI is InChI=1S/C24H29N/c1-2-3-17-4-6-21-14-23(10-8-19(21)12-17)24-11-9-20-13-18(16-25)5-7-22(20)15-24/h5,7,9,11,13,15,17,19,21,23H,2-4,6,8,10,12,14H2,1H3/t17-,19?,21-,23?/m1/s1. The van der Waals surface area contributed by atoms with E-state index >= 15 is 0 Å². The van der Waals surface area contributed by atoms with Crippen molar-refractivity contribution in [3.63, 3.8) is 0 Å². The van der Waals surface area contributed by atoms with Crippen molar-refractivity contribution in [1.82, 2.24) is 0 Å². The summed E-state index contributed by atoms with van der Waals surface area (Å²) < 4.78 is 0. The summed E-state index contributed by atoms with van der Waals surface area (Å²) in [5, 5.41) is 11.5. The highest BCUT2D eigenvalue weighted by Gasteiger charge is 2.35. The molecule has 0 heterocycles. The minimum Gasteiger partial charge on any atom is -0.192 e. The quantitative estimate of drug-likeness (QED) is 0.606. The summed E-state index contributed by atoms with van der Waals surface area (Å²) in [5.41, 5.74) is 2.27. The van der Waals surface area contributed by atoms with Gasteiger partial charge >= 0.3 is 0 Å². The molecule has 2 saturated carbocycles. The summed E-state index contributed by atoms with van der Waals surface area (Å²) in [6.07, 6.45) is 11.4. The second-order valence-electron chi connectivity index (χ2n) is 8.43. The minimum absolute atomic E-state index is 0.740. The van der Waals surface area contributed by atoms with E-state index in [2.05, 4.69) is 37.3 Å². The van der Waals surface area contributed by atoms with Gasteiger partial charge in [-0.1, -0.05) is 50.5 Å². The Morgan fingerprint density at radius 1 is 0.920 bits per heavy atom. The first-order valence-corrected chi connectivity index (χ1v) is 10.2. The SMILES string of the molecule is CCC[C@@H]1CC[C@@H]2CC(c3ccc4cc(C#N)ccc4c3)CCC2C1. The van der Waals surface area contributed by atoms with Crippen molar-refractivity contribution in [2.45, 2.75) is 64.2 Å². The molecule has 2 aliphatic rings. The van der Waals surface area contributed by atoms with Crippen LogP contribution in [0.1, 0.15) is 75.3 Å². The maximum atomic E-state index is 9.07. The van der Waals surface area contributed by atoms with E-state index in [1.807, 2.05) is 12.1 Å². The van der Waals surface area contributed by atoms with Crippen molar-refractivity contribution in [2.75, 3.05) is 0 Å². The Labute approximate surface area is 152 Å². The van der Waals surface area contributed by atoms with E-state index < -0.39 is 0 Å². The van der Waals surface area contributed by atoms with Gasteiger partial charge < -0.3 is 0 Å². The minimum atomic E-state index is 0.740. The molecule has 4 atom stereocenters. The molecule has 2 fully saturated rings. The van der Waals surface area contributed by atoms with Gasteiger partial charge in [0.1, 0.15) is 0 Å². The van der Waals surface area contributed by atoms with E-state index in [-0.39, 0.29) is 0 Å². The molecule has 1 nitrogen and oxygen atoms in total. The molecule has 1 heteroatoms. The van der Waals surface area contributed by atoms with Gasteiger partial charge in [0.25, 0.3) is 0 Å². The van der Waals surface area contributed by atoms with Crippen molar-refractivity contribution in [3.8, 4) is 6.07 Å². The zero-order valence-electron chi connectivity index (χ0n) is 15.4. The average molecular weight is 332 g/mol. The van der Waals surface area contributed by atoms with Gasteiger partial charge in [-0.15, -0.1) is 0 Å². The smallest absolute Gasteiger partial charge is 0.0991 e. The highest BCUT2D eigenvalue weighted by molar-refractivity contribution is 5.84. The monoisotopic (exact) mass is 331 g/mol. The molecular weight excluding hydrogens is 302 g/mol. The molecule has 2 aliphatic carbocycles. The predicted octanol–water partition coefficient (Wildman–Crippen LogP) is 6.81. The summed E-state index contributed by atoms with van der Waals surface area (Å²) in [5.74, 6) is 3.71. The number of benzene rings is 2. The Balaban J connectivity index is 1.48. The summed E-state index contributed by atoms with van der Waals surface area (Å²) in [7, 11) is 0. The molecule has 0 amide bonds. The molecule has 0 aliphatic heterocycles. The van der Waals surface area contributed by atoms with Crippen LogP contribution in [0.5, 0.6) is 0 Å². The topological polar surface area (TPSA) is 23.8 Å². The first kappa shape index (κ1) is 16.6. The fraction of sp³-hybridized carbons (Fsp3) is 0.542. The Morgan fingerprint density at radius 2 is 1.68 bits per heavy atom. The van der Waals surface area contributed by atoms with Gasteiger partial charge in [0, 0.05) is 0 Å². The molecule has 2 unspecified atom stereocenters. The van der Waals surface area contributed by atoms with Crippen molar-refractivity contribution in [3.05, 3.63) is 47.5 Å². The van der Waals surface area contributed by atoms with E-state index in [9.17, 15) is 0 Å². The van der Waals surface area contributed by atoms with Crippen LogP contribution in [0.4, 0.5) is 0 Å². The molecule has 0 aromatic heterocycles. The number of hydrogen-bond acceptors (Lipinski definition) is 1. The summed E-state index contributed by atoms with van der Waals surface area (Å²) in [4.78, 5) is 0. The highest BCUT2D eigenvalue weighted by Crippen LogP contribution is 2.48. The second kappa shape index (κ2) is 7.20. The third kappa shape index (κ3) is 3.45. The van der Waals surface area contributed by atoms with Crippen molar-refractivity contribution in [1.29, 1.82) is 5.26 Å². The number of hydrogen-bond donors (Lipinski definition) is 0. The van der Waals surface area contributed by atoms with Crippen LogP contribution in [-0.4, -0.2) is 0 Å². The third-order valence-electron chi connectivity index (χ3n) is 6.88. The van der Waals surface area contributed by atoms with Gasteiger partial charge in [0.05, 0.1) is 11.6 Å². The van der Waals surface area contributed by atoms with Crippen molar-refractivity contribution >= 4 is 10.8 Å². The first-order chi connectivity index (χ1) is 12.3. The molecule has 130 valence electrons. The van der Waals surface area contributed by atoms with Crippen LogP contribution in [0.2, 0.25) is 0 Å². The molecule has 0 spiro atoms. The lowest BCUT2D eigenvalue weighted by Crippen LogP contribution is -2.30. The lowest BCUT2D eigenvalue weighted by atomic mass is 9.63. The first-order valence-electron chi connectivity index (χ1n) is 10.2. The van der Waals surface area contributed by atoms with Crippen molar-refractivity contribution in [2.24, 2.45) is 17.8 Å². The number of fused-ring (bicyclic) bond motifs is 2. The Kier molecular flexibility index (Phi) is 4.80. The second-order valence-corrected chi connectivity index (χ2v) is 8.43. The zero-order chi connectivity index (χ0) is 17.2. The van der Waals surface area contributed by atoms with Gasteiger partial charge in [0.15, 0.2) is 0 Å². The Morgan fingerprint density at radius 3 is 2.52 bits per heavy atom. The van der Waals surface area contributed by atoms with Crippen LogP contribution in [0.25, 0.3) is 10.8 Å². The van der Waals surface area contributed by atoms with Crippen LogP contribution < -0.4 is 0 Å². The molecule has 2 aromatic rings. The summed E-state index contributed by atoms with van der Waals surface area (Å²) >= 11 is 0. The van der Waals surface area contributed by atoms with Gasteiger partial charge in [-0.3, -0.25) is 0 Å². The zero-order valence-corrected chi connectivity index (χ0v) is 15.4. The molecule has 0 saturated heterocycles. The highest BCUT2D eigenvalue weighted by atomic mass is 14.4. The molecule has 2 aromatic carbocycles. The molecule has 4 rings (SSSR count). The van der Waals surface area contributed by atoms with Gasteiger partial charge in [0.2, 0.25) is 0 Å². The Hall–Kier alpha value is -1.81. The summed E-state index contributed by atoms with van der Waals surface area (Å²) in [6.45, 7) is 2.34. The van der Waals surface area contributed by atoms with Crippen LogP contribution in [0, 0.1) is 29.1 Å². The van der Waals surface area contributed by atoms with E-state index in [1.54, 1.807) is 0 Å². The van der Waals surface area contributed by atoms with Crippen LogP contribution in [-0.2, 0) is 0 Å². The van der Waals surface area contributed by atoms with Crippen molar-refractivity contribution < 1.29 is 0 Å². The van der Waals surface area contributed by atoms with E-state index in [1.165, 1.54) is 67.7 Å². The summed E-state index contributed by atoms with van der Waals surface area (Å²) in [6, 6.07) is 15.2. The maximum Gasteiger partial charge on any atom is 0.0991 e. The van der Waals surface area contributed by atoms with Crippen LogP contribution >= 0.6 is 0 Å². The van der Waals surface area contributed by atoms with Gasteiger partial charge in [-0.05, 0) is 84.2 Å². The van der Waals surface area contributed by atoms with Crippen LogP contribution in [0.3, 0.4) is 0 Å². The average Bonchev–Trinajstić information content (AvgIpc) is 2.67. The van der Waals surface area contributed by atoms with E-state index in [0.717, 1.165) is 29.2 Å². The molecular formula is C24H29N. The lowest BCUT2D eigenvalue weighted by Gasteiger charge is -2.42. The van der Waals surface area contributed by atoms with Gasteiger partial charge in [-0.2, -0.15) is 5.26 Å². The normalized spacial score (nSPS) is 29.1. The van der Waals surface area contributed by atoms with E-state index in [4.69, 9.17) is 5.26 Å². The molecule has 0 N–H and O–H groups in total. The number of nitrogens with zero attached hydrogens (tertiary/aromatic N) is 1. The molecule has 0 radical (unpaired) electrons. The molecule has 25 heavy (non-hydrogen) atoms. The fourth-order valence-electron chi connectivity index (χ4n) is 5.55. The van der Waals surface area contributed by atoms with Crippen LogP contribution in [0.15, 0.2) is 36.4 Å².